The highest BCUT2D eigenvalue weighted by atomic mass is 35.5. The van der Waals surface area contributed by atoms with Gasteiger partial charge in [0, 0.05) is 5.69 Å². The first-order valence-electron chi connectivity index (χ1n) is 7.17. The zero-order valence-corrected chi connectivity index (χ0v) is 14.3. The molecule has 3 rings (SSSR count). The predicted molar refractivity (Wildman–Crippen MR) is 95.3 cm³/mol. The number of amides is 1. The number of carbonyl (C=O) groups is 1. The first-order chi connectivity index (χ1) is 12.2. The summed E-state index contributed by atoms with van der Waals surface area (Å²) in [4.78, 5) is 12.0. The molecule has 0 saturated carbocycles. The standard InChI is InChI=1S/C17H11ClN4O2S/c18-14-4-2-1-3-13(14)16-21-22-17(24-16)25-10-15(23)20-12-7-5-11(9-19)6-8-12/h1-8H,10H2,(H,20,23). The third kappa shape index (κ3) is 4.38. The number of thioether (sulfide) groups is 1. The first kappa shape index (κ1) is 17.0. The second-order valence-electron chi connectivity index (χ2n) is 4.88. The van der Waals surface area contributed by atoms with Crippen molar-refractivity contribution in [3.63, 3.8) is 0 Å². The normalized spacial score (nSPS) is 10.2. The average molecular weight is 371 g/mol. The molecule has 124 valence electrons. The van der Waals surface area contributed by atoms with Crippen LogP contribution in [0.3, 0.4) is 0 Å². The van der Waals surface area contributed by atoms with Crippen LogP contribution >= 0.6 is 23.4 Å². The molecule has 1 N–H and O–H groups in total. The number of anilines is 1. The summed E-state index contributed by atoms with van der Waals surface area (Å²) in [6.07, 6.45) is 0. The Hall–Kier alpha value is -2.82. The van der Waals surface area contributed by atoms with E-state index in [0.717, 1.165) is 11.8 Å². The maximum absolute atomic E-state index is 12.0. The Labute approximate surface area is 152 Å². The summed E-state index contributed by atoms with van der Waals surface area (Å²) < 4.78 is 5.52. The fourth-order valence-electron chi connectivity index (χ4n) is 1.96. The maximum atomic E-state index is 12.0. The lowest BCUT2D eigenvalue weighted by molar-refractivity contribution is -0.113. The highest BCUT2D eigenvalue weighted by Gasteiger charge is 2.13. The Bertz CT molecular complexity index is 934. The molecule has 0 atom stereocenters. The molecule has 0 radical (unpaired) electrons. The quantitative estimate of drug-likeness (QED) is 0.682. The van der Waals surface area contributed by atoms with E-state index < -0.39 is 0 Å². The van der Waals surface area contributed by atoms with Gasteiger partial charge in [-0.3, -0.25) is 4.79 Å². The van der Waals surface area contributed by atoms with Gasteiger partial charge in [-0.05, 0) is 36.4 Å². The number of hydrogen-bond acceptors (Lipinski definition) is 6. The molecule has 0 aliphatic heterocycles. The third-order valence-corrected chi connectivity index (χ3v) is 4.28. The van der Waals surface area contributed by atoms with Crippen LogP contribution < -0.4 is 5.32 Å². The Morgan fingerprint density at radius 1 is 1.20 bits per heavy atom. The number of halogens is 1. The summed E-state index contributed by atoms with van der Waals surface area (Å²) in [5, 5.41) is 20.1. The number of nitrogens with one attached hydrogen (secondary N) is 1. The monoisotopic (exact) mass is 370 g/mol. The number of nitriles is 1. The van der Waals surface area contributed by atoms with Gasteiger partial charge in [0.1, 0.15) is 0 Å². The third-order valence-electron chi connectivity index (χ3n) is 3.14. The lowest BCUT2D eigenvalue weighted by atomic mass is 10.2. The number of aromatic nitrogens is 2. The summed E-state index contributed by atoms with van der Waals surface area (Å²) in [6, 6.07) is 15.8. The lowest BCUT2D eigenvalue weighted by Crippen LogP contribution is -2.13. The molecular weight excluding hydrogens is 360 g/mol. The van der Waals surface area contributed by atoms with E-state index in [4.69, 9.17) is 21.3 Å². The Kier molecular flexibility index (Phi) is 5.33. The highest BCUT2D eigenvalue weighted by Crippen LogP contribution is 2.28. The van der Waals surface area contributed by atoms with E-state index in [1.54, 1.807) is 36.4 Å². The first-order valence-corrected chi connectivity index (χ1v) is 8.53. The van der Waals surface area contributed by atoms with Gasteiger partial charge < -0.3 is 9.73 Å². The number of nitrogens with zero attached hydrogens (tertiary/aromatic N) is 3. The van der Waals surface area contributed by atoms with Gasteiger partial charge in [0.2, 0.25) is 11.8 Å². The maximum Gasteiger partial charge on any atom is 0.277 e. The van der Waals surface area contributed by atoms with Gasteiger partial charge in [0.15, 0.2) is 0 Å². The number of carbonyl (C=O) groups excluding carboxylic acids is 1. The van der Waals surface area contributed by atoms with Gasteiger partial charge in [0.25, 0.3) is 5.22 Å². The molecule has 2 aromatic carbocycles. The Morgan fingerprint density at radius 3 is 2.68 bits per heavy atom. The molecule has 0 unspecified atom stereocenters. The Balaban J connectivity index is 1.57. The van der Waals surface area contributed by atoms with Crippen molar-refractivity contribution in [1.29, 1.82) is 5.26 Å². The number of rotatable bonds is 5. The average Bonchev–Trinajstić information content (AvgIpc) is 3.10. The van der Waals surface area contributed by atoms with Crippen molar-refractivity contribution < 1.29 is 9.21 Å². The van der Waals surface area contributed by atoms with E-state index in [9.17, 15) is 4.79 Å². The van der Waals surface area contributed by atoms with Crippen molar-refractivity contribution in [3.8, 4) is 17.5 Å². The van der Waals surface area contributed by atoms with Crippen LogP contribution in [0.15, 0.2) is 58.2 Å². The number of hydrogen-bond donors (Lipinski definition) is 1. The van der Waals surface area contributed by atoms with Crippen molar-refractivity contribution in [2.75, 3.05) is 11.1 Å². The zero-order chi connectivity index (χ0) is 17.6. The predicted octanol–water partition coefficient (Wildman–Crippen LogP) is 3.99. The van der Waals surface area contributed by atoms with E-state index in [1.165, 1.54) is 0 Å². The van der Waals surface area contributed by atoms with Crippen LogP contribution in [0.2, 0.25) is 5.02 Å². The fraction of sp³-hybridized carbons (Fsp3) is 0.0588. The van der Waals surface area contributed by atoms with Crippen molar-refractivity contribution in [3.05, 3.63) is 59.1 Å². The van der Waals surface area contributed by atoms with Crippen molar-refractivity contribution >= 4 is 35.0 Å². The highest BCUT2D eigenvalue weighted by molar-refractivity contribution is 7.99. The molecule has 1 heterocycles. The van der Waals surface area contributed by atoms with E-state index in [2.05, 4.69) is 15.5 Å². The molecule has 0 fully saturated rings. The fourth-order valence-corrected chi connectivity index (χ4v) is 2.74. The molecule has 1 aromatic heterocycles. The van der Waals surface area contributed by atoms with Crippen LogP contribution in [0.25, 0.3) is 11.5 Å². The van der Waals surface area contributed by atoms with Crippen LogP contribution in [0, 0.1) is 11.3 Å². The second kappa shape index (κ2) is 7.83. The molecule has 0 saturated heterocycles. The molecule has 3 aromatic rings. The molecule has 25 heavy (non-hydrogen) atoms. The van der Waals surface area contributed by atoms with E-state index in [1.807, 2.05) is 18.2 Å². The summed E-state index contributed by atoms with van der Waals surface area (Å²) in [6.45, 7) is 0. The van der Waals surface area contributed by atoms with Crippen LogP contribution in [0.4, 0.5) is 5.69 Å². The van der Waals surface area contributed by atoms with Crippen molar-refractivity contribution in [2.45, 2.75) is 5.22 Å². The molecule has 0 bridgehead atoms. The lowest BCUT2D eigenvalue weighted by Gasteiger charge is -2.03. The molecule has 0 aliphatic rings. The van der Waals surface area contributed by atoms with Gasteiger partial charge in [-0.2, -0.15) is 5.26 Å². The van der Waals surface area contributed by atoms with Crippen LogP contribution in [-0.2, 0) is 4.79 Å². The molecule has 0 aliphatic carbocycles. The van der Waals surface area contributed by atoms with Gasteiger partial charge in [0.05, 0.1) is 28.0 Å². The topological polar surface area (TPSA) is 91.8 Å². The minimum Gasteiger partial charge on any atom is -0.411 e. The van der Waals surface area contributed by atoms with E-state index in [0.29, 0.717) is 27.7 Å². The SMILES string of the molecule is N#Cc1ccc(NC(=O)CSc2nnc(-c3ccccc3Cl)o2)cc1. The van der Waals surface area contributed by atoms with Gasteiger partial charge >= 0.3 is 0 Å². The smallest absolute Gasteiger partial charge is 0.277 e. The van der Waals surface area contributed by atoms with Crippen molar-refractivity contribution in [1.82, 2.24) is 10.2 Å². The zero-order valence-electron chi connectivity index (χ0n) is 12.8. The van der Waals surface area contributed by atoms with Gasteiger partial charge in [-0.25, -0.2) is 0 Å². The minimum atomic E-state index is -0.216. The molecular formula is C17H11ClN4O2S. The van der Waals surface area contributed by atoms with Gasteiger partial charge in [-0.15, -0.1) is 10.2 Å². The minimum absolute atomic E-state index is 0.115. The molecule has 1 amide bonds. The largest absolute Gasteiger partial charge is 0.411 e. The number of benzene rings is 2. The second-order valence-corrected chi connectivity index (χ2v) is 6.21. The molecule has 0 spiro atoms. The van der Waals surface area contributed by atoms with E-state index >= 15 is 0 Å². The van der Waals surface area contributed by atoms with Crippen LogP contribution in [0.5, 0.6) is 0 Å². The molecule has 6 nitrogen and oxygen atoms in total. The van der Waals surface area contributed by atoms with Gasteiger partial charge in [-0.1, -0.05) is 35.5 Å². The van der Waals surface area contributed by atoms with Crippen LogP contribution in [-0.4, -0.2) is 21.9 Å². The summed E-state index contributed by atoms with van der Waals surface area (Å²) in [5.74, 6) is 0.206. The van der Waals surface area contributed by atoms with E-state index in [-0.39, 0.29) is 16.9 Å². The Morgan fingerprint density at radius 2 is 1.96 bits per heavy atom. The summed E-state index contributed by atoms with van der Waals surface area (Å²) in [7, 11) is 0. The summed E-state index contributed by atoms with van der Waals surface area (Å²) in [5.41, 5.74) is 1.79. The van der Waals surface area contributed by atoms with Crippen LogP contribution in [0.1, 0.15) is 5.56 Å². The summed E-state index contributed by atoms with van der Waals surface area (Å²) >= 11 is 7.22. The van der Waals surface area contributed by atoms with Crippen molar-refractivity contribution in [2.24, 2.45) is 0 Å². The molecule has 8 heteroatoms.